The van der Waals surface area contributed by atoms with Crippen molar-refractivity contribution in [3.05, 3.63) is 84.2 Å². The maximum atomic E-state index is 12.1. The maximum Gasteiger partial charge on any atom is 0.247 e. The van der Waals surface area contributed by atoms with E-state index in [4.69, 9.17) is 9.72 Å². The number of hydrogen-bond donors (Lipinski definition) is 3. The van der Waals surface area contributed by atoms with E-state index in [9.17, 15) is 4.79 Å². The summed E-state index contributed by atoms with van der Waals surface area (Å²) in [5.74, 6) is 0.741. The number of aromatic nitrogens is 2. The summed E-state index contributed by atoms with van der Waals surface area (Å²) in [6.45, 7) is 5.09. The molecule has 1 amide bonds. The Morgan fingerprint density at radius 1 is 1.23 bits per heavy atom. The molecule has 3 N–H and O–H groups in total. The molecule has 1 heterocycles. The van der Waals surface area contributed by atoms with Gasteiger partial charge in [-0.05, 0) is 42.8 Å². The summed E-state index contributed by atoms with van der Waals surface area (Å²) in [6, 6.07) is 14.0. The summed E-state index contributed by atoms with van der Waals surface area (Å²) in [5.41, 5.74) is 6.50. The van der Waals surface area contributed by atoms with Crippen molar-refractivity contribution >= 4 is 34.5 Å². The van der Waals surface area contributed by atoms with Gasteiger partial charge in [0.2, 0.25) is 11.9 Å². The lowest BCUT2D eigenvalue weighted by molar-refractivity contribution is -0.111. The Labute approximate surface area is 205 Å². The molecule has 1 aromatic heterocycles. The van der Waals surface area contributed by atoms with Crippen LogP contribution in [0.4, 0.5) is 23.0 Å². The van der Waals surface area contributed by atoms with Gasteiger partial charge >= 0.3 is 0 Å². The number of methoxy groups -OCH3 is 1. The monoisotopic (exact) mass is 470 g/mol. The van der Waals surface area contributed by atoms with Crippen LogP contribution in [0.15, 0.2) is 67.4 Å². The molecule has 3 aromatic rings. The second-order valence-electron chi connectivity index (χ2n) is 8.16. The molecule has 0 radical (unpaired) electrons. The number of nitrogens with one attached hydrogen (secondary N) is 3. The molecule has 0 saturated heterocycles. The van der Waals surface area contributed by atoms with Gasteiger partial charge in [0.25, 0.3) is 0 Å². The number of allylic oxidation sites excluding steroid dienone is 1. The maximum absolute atomic E-state index is 12.1. The van der Waals surface area contributed by atoms with Gasteiger partial charge in [0.05, 0.1) is 29.9 Å². The molecule has 0 bridgehead atoms. The van der Waals surface area contributed by atoms with Crippen molar-refractivity contribution in [2.45, 2.75) is 6.42 Å². The van der Waals surface area contributed by atoms with Gasteiger partial charge in [-0.25, -0.2) is 9.97 Å². The van der Waals surface area contributed by atoms with Crippen LogP contribution in [0.2, 0.25) is 0 Å². The van der Waals surface area contributed by atoms with E-state index in [2.05, 4.69) is 51.8 Å². The Hall–Kier alpha value is -4.17. The Bertz CT molecular complexity index is 1270. The Kier molecular flexibility index (Phi) is 7.42. The van der Waals surface area contributed by atoms with Gasteiger partial charge in [-0.1, -0.05) is 36.9 Å². The molecule has 0 saturated carbocycles. The van der Waals surface area contributed by atoms with E-state index in [0.29, 0.717) is 23.1 Å². The molecule has 0 aliphatic heterocycles. The quantitative estimate of drug-likeness (QED) is 0.386. The fourth-order valence-corrected chi connectivity index (χ4v) is 4.05. The van der Waals surface area contributed by atoms with Crippen LogP contribution >= 0.6 is 0 Å². The molecule has 0 atom stereocenters. The number of carbonyl (C=O) groups excluding carboxylic acids is 1. The fraction of sp³-hybridized carbons (Fsp3) is 0.222. The molecule has 8 nitrogen and oxygen atoms in total. The molecule has 1 aliphatic rings. The zero-order valence-electron chi connectivity index (χ0n) is 20.3. The first-order chi connectivity index (χ1) is 17.0. The van der Waals surface area contributed by atoms with Crippen LogP contribution in [0, 0.1) is 0 Å². The minimum absolute atomic E-state index is 0.297. The van der Waals surface area contributed by atoms with Gasteiger partial charge in [-0.15, -0.1) is 0 Å². The fourth-order valence-electron chi connectivity index (χ4n) is 4.05. The first-order valence-corrected chi connectivity index (χ1v) is 11.4. The average molecular weight is 471 g/mol. The van der Waals surface area contributed by atoms with Gasteiger partial charge in [0, 0.05) is 38.0 Å². The van der Waals surface area contributed by atoms with Crippen LogP contribution in [0.5, 0.6) is 5.75 Å². The molecule has 1 aliphatic carbocycles. The molecule has 35 heavy (non-hydrogen) atoms. The molecule has 8 heteroatoms. The number of nitrogens with zero attached hydrogens (tertiary/aromatic N) is 3. The lowest BCUT2D eigenvalue weighted by Crippen LogP contribution is -2.28. The van der Waals surface area contributed by atoms with Crippen LogP contribution in [0.1, 0.15) is 16.8 Å². The Morgan fingerprint density at radius 3 is 2.83 bits per heavy atom. The summed E-state index contributed by atoms with van der Waals surface area (Å²) < 4.78 is 5.67. The Morgan fingerprint density at radius 2 is 2.06 bits per heavy atom. The van der Waals surface area contributed by atoms with E-state index in [1.54, 1.807) is 13.3 Å². The van der Waals surface area contributed by atoms with Crippen molar-refractivity contribution in [3.8, 4) is 5.75 Å². The number of likely N-dealkylation sites (N-methyl/N-ethyl adjacent to an activating group) is 2. The van der Waals surface area contributed by atoms with Crippen LogP contribution in [-0.4, -0.2) is 50.2 Å². The third-order valence-electron chi connectivity index (χ3n) is 5.88. The average Bonchev–Trinajstić information content (AvgIpc) is 3.32. The van der Waals surface area contributed by atoms with E-state index >= 15 is 0 Å². The number of rotatable bonds is 10. The van der Waals surface area contributed by atoms with Crippen molar-refractivity contribution in [2.75, 3.05) is 49.8 Å². The first kappa shape index (κ1) is 24.0. The third-order valence-corrected chi connectivity index (χ3v) is 5.88. The first-order valence-electron chi connectivity index (χ1n) is 11.4. The van der Waals surface area contributed by atoms with Crippen molar-refractivity contribution < 1.29 is 9.53 Å². The molecule has 0 unspecified atom stereocenters. The molecular formula is C27H30N6O2. The van der Waals surface area contributed by atoms with Crippen molar-refractivity contribution in [3.63, 3.8) is 0 Å². The zero-order valence-corrected chi connectivity index (χ0v) is 20.3. The molecule has 180 valence electrons. The van der Waals surface area contributed by atoms with Crippen LogP contribution in [0.25, 0.3) is 5.57 Å². The standard InChI is InChI=1S/C27H30N6O2/c1-5-26(34)30-22-16-23(25(35-4)17-24(22)33(3)15-14-28-2)32-27-29-13-12-21(31-27)20-11-10-18-8-6-7-9-19(18)20/h5-9,11-13,16-17,28H,1,10,14-15H2,2-4H3,(H,30,34)(H,29,31,32). The molecule has 4 rings (SSSR count). The SMILES string of the molecule is C=CC(=O)Nc1cc(Nc2nccc(C3=CCc4ccccc43)n2)c(OC)cc1N(C)CCNC. The second kappa shape index (κ2) is 10.8. The highest BCUT2D eigenvalue weighted by atomic mass is 16.5. The van der Waals surface area contributed by atoms with Gasteiger partial charge in [0.15, 0.2) is 0 Å². The van der Waals surface area contributed by atoms with Crippen molar-refractivity contribution in [2.24, 2.45) is 0 Å². The number of anilines is 4. The van der Waals surface area contributed by atoms with Gasteiger partial charge < -0.3 is 25.6 Å². The summed E-state index contributed by atoms with van der Waals surface area (Å²) in [5, 5.41) is 9.30. The number of benzene rings is 2. The van der Waals surface area contributed by atoms with Crippen LogP contribution < -0.4 is 25.6 Å². The van der Waals surface area contributed by atoms with Crippen LogP contribution in [0.3, 0.4) is 0 Å². The summed E-state index contributed by atoms with van der Waals surface area (Å²) in [6.07, 6.45) is 6.06. The number of ether oxygens (including phenoxy) is 1. The normalized spacial score (nSPS) is 11.9. The molecule has 2 aromatic carbocycles. The van der Waals surface area contributed by atoms with E-state index in [-0.39, 0.29) is 5.91 Å². The largest absolute Gasteiger partial charge is 0.494 e. The number of carbonyl (C=O) groups is 1. The predicted molar refractivity (Wildman–Crippen MR) is 142 cm³/mol. The highest BCUT2D eigenvalue weighted by molar-refractivity contribution is 6.02. The van der Waals surface area contributed by atoms with E-state index in [1.807, 2.05) is 43.3 Å². The Balaban J connectivity index is 1.67. The van der Waals surface area contributed by atoms with Crippen molar-refractivity contribution in [1.29, 1.82) is 0 Å². The van der Waals surface area contributed by atoms with Crippen molar-refractivity contribution in [1.82, 2.24) is 15.3 Å². The predicted octanol–water partition coefficient (Wildman–Crippen LogP) is 4.00. The molecule has 0 fully saturated rings. The summed E-state index contributed by atoms with van der Waals surface area (Å²) in [4.78, 5) is 23.4. The minimum atomic E-state index is -0.297. The second-order valence-corrected chi connectivity index (χ2v) is 8.16. The van der Waals surface area contributed by atoms with Gasteiger partial charge in [-0.2, -0.15) is 0 Å². The molecule has 0 spiro atoms. The highest BCUT2D eigenvalue weighted by Crippen LogP contribution is 2.38. The highest BCUT2D eigenvalue weighted by Gasteiger charge is 2.18. The van der Waals surface area contributed by atoms with E-state index in [0.717, 1.165) is 36.5 Å². The summed E-state index contributed by atoms with van der Waals surface area (Å²) in [7, 11) is 5.47. The van der Waals surface area contributed by atoms with Gasteiger partial charge in [0.1, 0.15) is 5.75 Å². The molecular weight excluding hydrogens is 440 g/mol. The third kappa shape index (κ3) is 5.33. The topological polar surface area (TPSA) is 91.4 Å². The van der Waals surface area contributed by atoms with E-state index in [1.165, 1.54) is 17.2 Å². The number of amides is 1. The van der Waals surface area contributed by atoms with Gasteiger partial charge in [-0.3, -0.25) is 4.79 Å². The minimum Gasteiger partial charge on any atom is -0.494 e. The lowest BCUT2D eigenvalue weighted by Gasteiger charge is -2.24. The van der Waals surface area contributed by atoms with Crippen LogP contribution in [-0.2, 0) is 11.2 Å². The van der Waals surface area contributed by atoms with E-state index < -0.39 is 0 Å². The summed E-state index contributed by atoms with van der Waals surface area (Å²) >= 11 is 0. The zero-order chi connectivity index (χ0) is 24.8. The number of hydrogen-bond acceptors (Lipinski definition) is 7. The lowest BCUT2D eigenvalue weighted by atomic mass is 10.0. The smallest absolute Gasteiger partial charge is 0.247 e. The number of fused-ring (bicyclic) bond motifs is 1.